The number of phenols is 1. The number of ether oxygens (including phenoxy) is 2. The average Bonchev–Trinajstić information content (AvgIpc) is 3.15. The van der Waals surface area contributed by atoms with Crippen molar-refractivity contribution < 1.29 is 58.7 Å². The number of Topliss-reactive ketones (excluding diaryl/α,β-unsaturated/α-hetero) is 2. The van der Waals surface area contributed by atoms with Gasteiger partial charge in [0.25, 0.3) is 5.91 Å². The summed E-state index contributed by atoms with van der Waals surface area (Å²) in [7, 11) is 6.39. The van der Waals surface area contributed by atoms with Crippen LogP contribution in [0.15, 0.2) is 65.4 Å². The molecule has 7 N–H and O–H groups in total. The summed E-state index contributed by atoms with van der Waals surface area (Å²) in [6, 6.07) is 12.5. The van der Waals surface area contributed by atoms with Gasteiger partial charge in [0.15, 0.2) is 11.4 Å². The van der Waals surface area contributed by atoms with Gasteiger partial charge in [0.05, 0.1) is 22.9 Å². The molecular formula is C42H47N5O12. The number of nitrogens with one attached hydrogen (secondary N) is 1. The number of aliphatic hydroxyl groups is 3. The number of hydrogen-bond donors (Lipinski definition) is 6. The normalized spacial score (nSPS) is 21.4. The van der Waals surface area contributed by atoms with Crippen molar-refractivity contribution >= 4 is 63.3 Å². The van der Waals surface area contributed by atoms with E-state index in [2.05, 4.69) is 5.32 Å². The summed E-state index contributed by atoms with van der Waals surface area (Å²) in [4.78, 5) is 84.0. The molecule has 17 heteroatoms. The van der Waals surface area contributed by atoms with Gasteiger partial charge >= 0.3 is 12.1 Å². The van der Waals surface area contributed by atoms with E-state index in [-0.39, 0.29) is 35.2 Å². The largest absolute Gasteiger partial charge is 0.508 e. The summed E-state index contributed by atoms with van der Waals surface area (Å²) in [5.74, 6) is -9.56. The van der Waals surface area contributed by atoms with E-state index >= 15 is 0 Å². The number of amides is 3. The summed E-state index contributed by atoms with van der Waals surface area (Å²) in [5, 5.41) is 50.6. The zero-order valence-electron chi connectivity index (χ0n) is 33.7. The van der Waals surface area contributed by atoms with Gasteiger partial charge in [-0.05, 0) is 82.1 Å². The van der Waals surface area contributed by atoms with Gasteiger partial charge in [0.1, 0.15) is 29.4 Å². The number of primary amides is 1. The van der Waals surface area contributed by atoms with Crippen molar-refractivity contribution in [2.45, 2.75) is 50.8 Å². The Morgan fingerprint density at radius 1 is 0.966 bits per heavy atom. The van der Waals surface area contributed by atoms with Crippen LogP contribution in [0, 0.1) is 11.8 Å². The highest BCUT2D eigenvalue weighted by atomic mass is 16.7. The Labute approximate surface area is 339 Å². The molecule has 0 bridgehead atoms. The number of esters is 1. The summed E-state index contributed by atoms with van der Waals surface area (Å²) in [6.07, 6.45) is -1.06. The third-order valence-corrected chi connectivity index (χ3v) is 11.2. The molecule has 0 aliphatic heterocycles. The van der Waals surface area contributed by atoms with E-state index in [0.717, 1.165) is 10.3 Å². The quantitative estimate of drug-likeness (QED) is 0.0787. The SMILES string of the molecule is CN(C)c1cc(NC(=O)CN(C(=O)OCOC(=O)c2cccc3ccccc23)C(C)(C)C)c(O)c2c1C[C@H]1C[C@H]3[C@H](N(C)C)C(=O)C(C(N)=O)=C(O)[C@@]3(O)C(=O)C1=C2O. The minimum atomic E-state index is -2.82. The van der Waals surface area contributed by atoms with Crippen LogP contribution in [0.25, 0.3) is 16.5 Å². The second-order valence-electron chi connectivity index (χ2n) is 16.3. The molecule has 3 aromatic rings. The molecular weight excluding hydrogens is 766 g/mol. The summed E-state index contributed by atoms with van der Waals surface area (Å²) >= 11 is 0. The Morgan fingerprint density at radius 3 is 2.25 bits per heavy atom. The molecule has 0 aromatic heterocycles. The number of fused-ring (bicyclic) bond motifs is 4. The first-order chi connectivity index (χ1) is 27.6. The molecule has 3 aliphatic rings. The number of likely N-dealkylation sites (N-methyl/N-ethyl adjacent to an activating group) is 1. The molecule has 1 fully saturated rings. The van der Waals surface area contributed by atoms with E-state index < -0.39 is 101 Å². The molecule has 17 nitrogen and oxygen atoms in total. The number of carbonyl (C=O) groups is 6. The van der Waals surface area contributed by atoms with Crippen molar-refractivity contribution in [3.05, 3.63) is 82.1 Å². The van der Waals surface area contributed by atoms with Gasteiger partial charge in [-0.25, -0.2) is 9.59 Å². The number of phenolic OH excluding ortho intramolecular Hbond substituents is 1. The average molecular weight is 814 g/mol. The predicted molar refractivity (Wildman–Crippen MR) is 214 cm³/mol. The Morgan fingerprint density at radius 2 is 1.63 bits per heavy atom. The molecule has 3 amide bonds. The topological polar surface area (TPSA) is 250 Å². The first kappa shape index (κ1) is 42.2. The Hall–Kier alpha value is -6.46. The number of aromatic hydroxyl groups is 1. The van der Waals surface area contributed by atoms with E-state index in [4.69, 9.17) is 15.2 Å². The maximum Gasteiger partial charge on any atom is 0.413 e. The van der Waals surface area contributed by atoms with E-state index in [9.17, 15) is 49.2 Å². The number of ketones is 2. The van der Waals surface area contributed by atoms with E-state index in [0.29, 0.717) is 16.6 Å². The highest BCUT2D eigenvalue weighted by Gasteiger charge is 2.64. The number of nitrogens with two attached hydrogens (primary N) is 1. The van der Waals surface area contributed by atoms with E-state index in [1.165, 1.54) is 25.1 Å². The molecule has 312 valence electrons. The van der Waals surface area contributed by atoms with Crippen molar-refractivity contribution in [1.82, 2.24) is 9.80 Å². The molecule has 0 spiro atoms. The Bertz CT molecular complexity index is 2370. The number of benzene rings is 3. The number of nitrogens with zero attached hydrogens (tertiary/aromatic N) is 3. The summed E-state index contributed by atoms with van der Waals surface area (Å²) in [5.41, 5.74) is 0.956. The maximum absolute atomic E-state index is 14.3. The lowest BCUT2D eigenvalue weighted by Gasteiger charge is -2.50. The van der Waals surface area contributed by atoms with Gasteiger partial charge in [0, 0.05) is 36.8 Å². The second-order valence-corrected chi connectivity index (χ2v) is 16.3. The number of rotatable bonds is 9. The van der Waals surface area contributed by atoms with Crippen LogP contribution in [0.2, 0.25) is 0 Å². The van der Waals surface area contributed by atoms with Crippen molar-refractivity contribution in [3.8, 4) is 5.75 Å². The van der Waals surface area contributed by atoms with Gasteiger partial charge < -0.3 is 45.9 Å². The van der Waals surface area contributed by atoms with Crippen molar-refractivity contribution in [3.63, 3.8) is 0 Å². The molecule has 3 aromatic carbocycles. The van der Waals surface area contributed by atoms with Crippen LogP contribution in [0.5, 0.6) is 5.75 Å². The molecule has 3 aliphatic carbocycles. The molecule has 1 saturated carbocycles. The van der Waals surface area contributed by atoms with Crippen LogP contribution in [0.1, 0.15) is 48.7 Å². The van der Waals surface area contributed by atoms with Crippen LogP contribution >= 0.6 is 0 Å². The first-order valence-corrected chi connectivity index (χ1v) is 18.7. The minimum absolute atomic E-state index is 0.0263. The zero-order chi connectivity index (χ0) is 43.5. The number of hydrogen-bond acceptors (Lipinski definition) is 14. The Kier molecular flexibility index (Phi) is 11.0. The van der Waals surface area contributed by atoms with Crippen molar-refractivity contribution in [1.29, 1.82) is 0 Å². The fourth-order valence-electron chi connectivity index (χ4n) is 8.39. The molecule has 59 heavy (non-hydrogen) atoms. The van der Waals surface area contributed by atoms with E-state index in [1.807, 2.05) is 18.2 Å². The van der Waals surface area contributed by atoms with E-state index in [1.54, 1.807) is 64.0 Å². The third-order valence-electron chi connectivity index (χ3n) is 11.2. The molecule has 4 atom stereocenters. The lowest BCUT2D eigenvalue weighted by Crippen LogP contribution is -2.65. The molecule has 0 saturated heterocycles. The highest BCUT2D eigenvalue weighted by Crippen LogP contribution is 2.54. The number of aliphatic hydroxyl groups excluding tert-OH is 2. The van der Waals surface area contributed by atoms with Gasteiger partial charge in [-0.2, -0.15) is 0 Å². The first-order valence-electron chi connectivity index (χ1n) is 18.7. The van der Waals surface area contributed by atoms with Gasteiger partial charge in [-0.15, -0.1) is 0 Å². The highest BCUT2D eigenvalue weighted by molar-refractivity contribution is 6.24. The van der Waals surface area contributed by atoms with Gasteiger partial charge in [0.2, 0.25) is 18.5 Å². The molecule has 6 rings (SSSR count). The lowest BCUT2D eigenvalue weighted by molar-refractivity contribution is -0.153. The minimum Gasteiger partial charge on any atom is -0.508 e. The second kappa shape index (κ2) is 15.4. The fraction of sp³-hybridized carbons (Fsp3) is 0.381. The lowest BCUT2D eigenvalue weighted by atomic mass is 9.57. The molecule has 0 heterocycles. The van der Waals surface area contributed by atoms with Crippen LogP contribution in [-0.2, 0) is 35.1 Å². The summed E-state index contributed by atoms with van der Waals surface area (Å²) < 4.78 is 10.5. The van der Waals surface area contributed by atoms with Crippen LogP contribution < -0.4 is 16.0 Å². The van der Waals surface area contributed by atoms with Gasteiger partial charge in [-0.1, -0.05) is 36.4 Å². The van der Waals surface area contributed by atoms with Crippen LogP contribution in [-0.4, -0.2) is 124 Å². The smallest absolute Gasteiger partial charge is 0.413 e. The third kappa shape index (κ3) is 7.20. The standard InChI is InChI=1S/C42H47N5O12/c1-41(2,3)47(40(56)59-19-58-39(55)23-14-10-12-20-11-8-9-13-22(20)23)18-28(48)44-26-17-27(45(4)5)24-15-21-16-25-32(46(6)7)35(51)31(38(43)54)37(53)42(25,57)36(52)29(21)34(50)30(24)33(26)49/h8-14,17,21,25,32,49-50,53,57H,15-16,18-19H2,1-7H3,(H2,43,54)(H,44,48)/t21-,25-,32-,42-/m0/s1. The van der Waals surface area contributed by atoms with Crippen molar-refractivity contribution in [2.24, 2.45) is 17.6 Å². The summed E-state index contributed by atoms with van der Waals surface area (Å²) in [6.45, 7) is 3.58. The van der Waals surface area contributed by atoms with Crippen LogP contribution in [0.3, 0.4) is 0 Å². The predicted octanol–water partition coefficient (Wildman–Crippen LogP) is 3.17. The van der Waals surface area contributed by atoms with Crippen LogP contribution in [0.4, 0.5) is 16.2 Å². The fourth-order valence-corrected chi connectivity index (χ4v) is 8.39. The number of carbonyl (C=O) groups excluding carboxylic acids is 6. The molecule has 0 radical (unpaired) electrons. The van der Waals surface area contributed by atoms with Crippen molar-refractivity contribution in [2.75, 3.05) is 51.7 Å². The zero-order valence-corrected chi connectivity index (χ0v) is 33.7. The number of anilines is 2. The molecule has 0 unspecified atom stereocenters. The monoisotopic (exact) mass is 813 g/mol. The Balaban J connectivity index is 1.27. The maximum atomic E-state index is 14.3. The van der Waals surface area contributed by atoms with Gasteiger partial charge in [-0.3, -0.25) is 29.0 Å².